The van der Waals surface area contributed by atoms with Crippen LogP contribution >= 0.6 is 0 Å². The summed E-state index contributed by atoms with van der Waals surface area (Å²) in [6.07, 6.45) is 5.38. The van der Waals surface area contributed by atoms with Crippen LogP contribution in [0.15, 0.2) is 12.3 Å². The molecule has 1 amide bonds. The number of aryl methyl sites for hydroxylation is 2. The largest absolute Gasteiger partial charge is 0.378 e. The summed E-state index contributed by atoms with van der Waals surface area (Å²) in [7, 11) is 1.74. The number of nitrogens with zero attached hydrogens (tertiary/aromatic N) is 3. The van der Waals surface area contributed by atoms with Crippen molar-refractivity contribution in [3.8, 4) is 0 Å². The highest BCUT2D eigenvalue weighted by Gasteiger charge is 2.48. The van der Waals surface area contributed by atoms with Gasteiger partial charge in [-0.05, 0) is 32.3 Å². The van der Waals surface area contributed by atoms with E-state index in [1.165, 1.54) is 0 Å². The number of carbonyl (C=O) groups is 1. The van der Waals surface area contributed by atoms with Crippen LogP contribution in [-0.2, 0) is 20.8 Å². The van der Waals surface area contributed by atoms with Gasteiger partial charge in [0.2, 0.25) is 5.91 Å². The third-order valence-corrected chi connectivity index (χ3v) is 4.81. The minimum atomic E-state index is -0.287. The van der Waals surface area contributed by atoms with Crippen LogP contribution in [0.25, 0.3) is 0 Å². The molecule has 122 valence electrons. The highest BCUT2D eigenvalue weighted by atomic mass is 16.6. The summed E-state index contributed by atoms with van der Waals surface area (Å²) < 4.78 is 13.4. The Kier molecular flexibility index (Phi) is 4.49. The van der Waals surface area contributed by atoms with Crippen LogP contribution < -0.4 is 0 Å². The molecule has 6 nitrogen and oxygen atoms in total. The summed E-state index contributed by atoms with van der Waals surface area (Å²) >= 11 is 0. The second-order valence-electron chi connectivity index (χ2n) is 6.32. The van der Waals surface area contributed by atoms with Crippen molar-refractivity contribution in [3.63, 3.8) is 0 Å². The number of carbonyl (C=O) groups excluding carboxylic acids is 1. The van der Waals surface area contributed by atoms with E-state index < -0.39 is 0 Å². The molecule has 6 heteroatoms. The molecule has 2 aliphatic heterocycles. The quantitative estimate of drug-likeness (QED) is 0.843. The van der Waals surface area contributed by atoms with Crippen molar-refractivity contribution in [1.29, 1.82) is 0 Å². The maximum atomic E-state index is 12.5. The number of methoxy groups -OCH3 is 1. The Labute approximate surface area is 131 Å². The normalized spacial score (nSPS) is 28.5. The summed E-state index contributed by atoms with van der Waals surface area (Å²) in [6.45, 7) is 4.76. The van der Waals surface area contributed by atoms with Gasteiger partial charge in [-0.2, -0.15) is 5.10 Å². The van der Waals surface area contributed by atoms with E-state index in [2.05, 4.69) is 5.10 Å². The number of hydrogen-bond acceptors (Lipinski definition) is 4. The zero-order valence-electron chi connectivity index (χ0n) is 13.5. The molecule has 1 aromatic heterocycles. The van der Waals surface area contributed by atoms with Gasteiger partial charge in [0.05, 0.1) is 18.3 Å². The number of likely N-dealkylation sites (tertiary alicyclic amines) is 1. The number of amides is 1. The van der Waals surface area contributed by atoms with Crippen LogP contribution in [-0.4, -0.2) is 59.1 Å². The summed E-state index contributed by atoms with van der Waals surface area (Å²) in [5.41, 5.74) is 0.692. The highest BCUT2D eigenvalue weighted by molar-refractivity contribution is 5.76. The number of aromatic nitrogens is 2. The lowest BCUT2D eigenvalue weighted by Crippen LogP contribution is -2.58. The average molecular weight is 307 g/mol. The van der Waals surface area contributed by atoms with Crippen LogP contribution in [0.1, 0.15) is 31.4 Å². The Balaban J connectivity index is 1.58. The minimum absolute atomic E-state index is 0.104. The first kappa shape index (κ1) is 15.5. The van der Waals surface area contributed by atoms with Gasteiger partial charge in [-0.25, -0.2) is 0 Å². The molecule has 2 aliphatic rings. The van der Waals surface area contributed by atoms with Gasteiger partial charge in [0.1, 0.15) is 5.60 Å². The van der Waals surface area contributed by atoms with E-state index in [0.29, 0.717) is 19.5 Å². The van der Waals surface area contributed by atoms with E-state index in [9.17, 15) is 4.79 Å². The van der Waals surface area contributed by atoms with Crippen LogP contribution in [0.5, 0.6) is 0 Å². The van der Waals surface area contributed by atoms with Crippen molar-refractivity contribution in [3.05, 3.63) is 18.0 Å². The molecule has 0 aliphatic carbocycles. The lowest BCUT2D eigenvalue weighted by Gasteiger charge is -2.44. The minimum Gasteiger partial charge on any atom is -0.378 e. The standard InChI is InChI=1S/C16H25N3O3/c1-13-4-9-19(17-13)10-6-15(20)18-8-5-14(21-2)16(12-18)7-3-11-22-16/h4,9,14H,3,5-8,10-12H2,1-2H3/t14-,16-/m0/s1. The third-order valence-electron chi connectivity index (χ3n) is 4.81. The van der Waals surface area contributed by atoms with E-state index in [0.717, 1.165) is 38.1 Å². The van der Waals surface area contributed by atoms with Crippen molar-refractivity contribution >= 4 is 5.91 Å². The van der Waals surface area contributed by atoms with Crippen molar-refractivity contribution in [2.45, 2.75) is 50.9 Å². The van der Waals surface area contributed by atoms with E-state index >= 15 is 0 Å². The van der Waals surface area contributed by atoms with Crippen molar-refractivity contribution < 1.29 is 14.3 Å². The second kappa shape index (κ2) is 6.38. The topological polar surface area (TPSA) is 56.6 Å². The van der Waals surface area contributed by atoms with Gasteiger partial charge in [0.25, 0.3) is 0 Å². The Morgan fingerprint density at radius 3 is 3.09 bits per heavy atom. The van der Waals surface area contributed by atoms with Gasteiger partial charge < -0.3 is 14.4 Å². The fourth-order valence-electron chi connectivity index (χ4n) is 3.64. The zero-order chi connectivity index (χ0) is 15.6. The summed E-state index contributed by atoms with van der Waals surface area (Å²) in [6, 6.07) is 1.95. The molecule has 2 saturated heterocycles. The molecule has 2 fully saturated rings. The number of ether oxygens (including phenoxy) is 2. The molecular formula is C16H25N3O3. The van der Waals surface area contributed by atoms with E-state index in [1.54, 1.807) is 7.11 Å². The number of rotatable bonds is 4. The van der Waals surface area contributed by atoms with Gasteiger partial charge in [-0.15, -0.1) is 0 Å². The molecular weight excluding hydrogens is 282 g/mol. The molecule has 22 heavy (non-hydrogen) atoms. The zero-order valence-corrected chi connectivity index (χ0v) is 13.5. The molecule has 0 saturated carbocycles. The first-order valence-electron chi connectivity index (χ1n) is 8.07. The Hall–Kier alpha value is -1.40. The number of piperidine rings is 1. The van der Waals surface area contributed by atoms with Crippen LogP contribution in [0.4, 0.5) is 0 Å². The molecule has 2 atom stereocenters. The fourth-order valence-corrected chi connectivity index (χ4v) is 3.64. The van der Waals surface area contributed by atoms with E-state index in [1.807, 2.05) is 28.8 Å². The maximum absolute atomic E-state index is 12.5. The van der Waals surface area contributed by atoms with Gasteiger partial charge in [-0.1, -0.05) is 0 Å². The molecule has 0 N–H and O–H groups in total. The van der Waals surface area contributed by atoms with Crippen LogP contribution in [0.2, 0.25) is 0 Å². The lowest BCUT2D eigenvalue weighted by atomic mass is 9.86. The van der Waals surface area contributed by atoms with Crippen molar-refractivity contribution in [2.75, 3.05) is 26.8 Å². The lowest BCUT2D eigenvalue weighted by molar-refractivity contribution is -0.160. The first-order chi connectivity index (χ1) is 10.6. The van der Waals surface area contributed by atoms with Gasteiger partial charge in [-0.3, -0.25) is 9.48 Å². The van der Waals surface area contributed by atoms with E-state index in [4.69, 9.17) is 9.47 Å². The maximum Gasteiger partial charge on any atom is 0.224 e. The molecule has 3 rings (SSSR count). The Bertz CT molecular complexity index is 522. The second-order valence-corrected chi connectivity index (χ2v) is 6.32. The molecule has 0 unspecified atom stereocenters. The molecule has 3 heterocycles. The third kappa shape index (κ3) is 3.03. The number of hydrogen-bond donors (Lipinski definition) is 0. The Morgan fingerprint density at radius 1 is 1.59 bits per heavy atom. The SMILES string of the molecule is CO[C@H]1CCN(C(=O)CCn2ccc(C)n2)C[C@@]12CCCO2. The van der Waals surface area contributed by atoms with E-state index in [-0.39, 0.29) is 17.6 Å². The summed E-state index contributed by atoms with van der Waals surface area (Å²) in [4.78, 5) is 14.4. The molecule has 1 spiro atoms. The molecule has 1 aromatic rings. The van der Waals surface area contributed by atoms with Gasteiger partial charge >= 0.3 is 0 Å². The predicted molar refractivity (Wildman–Crippen MR) is 81.5 cm³/mol. The average Bonchev–Trinajstić information content (AvgIpc) is 3.14. The predicted octanol–water partition coefficient (Wildman–Crippen LogP) is 1.38. The summed E-state index contributed by atoms with van der Waals surface area (Å²) in [5, 5.41) is 4.33. The summed E-state index contributed by atoms with van der Waals surface area (Å²) in [5.74, 6) is 0.178. The molecule has 0 aromatic carbocycles. The van der Waals surface area contributed by atoms with Crippen molar-refractivity contribution in [1.82, 2.24) is 14.7 Å². The fraction of sp³-hybridized carbons (Fsp3) is 0.750. The first-order valence-corrected chi connectivity index (χ1v) is 8.07. The van der Waals surface area contributed by atoms with Gasteiger partial charge in [0, 0.05) is 39.4 Å². The van der Waals surface area contributed by atoms with Crippen LogP contribution in [0.3, 0.4) is 0 Å². The highest BCUT2D eigenvalue weighted by Crippen LogP contribution is 2.36. The van der Waals surface area contributed by atoms with Crippen LogP contribution in [0, 0.1) is 6.92 Å². The molecule has 0 bridgehead atoms. The Morgan fingerprint density at radius 2 is 2.45 bits per heavy atom. The molecule has 0 radical (unpaired) electrons. The van der Waals surface area contributed by atoms with Gasteiger partial charge in [0.15, 0.2) is 0 Å². The smallest absolute Gasteiger partial charge is 0.224 e. The van der Waals surface area contributed by atoms with Crippen molar-refractivity contribution in [2.24, 2.45) is 0 Å². The monoisotopic (exact) mass is 307 g/mol.